The van der Waals surface area contributed by atoms with Crippen LogP contribution in [0, 0.1) is 5.92 Å². The summed E-state index contributed by atoms with van der Waals surface area (Å²) in [5, 5.41) is 13.2. The van der Waals surface area contributed by atoms with E-state index < -0.39 is 35.4 Å². The molecule has 1 atom stereocenters. The van der Waals surface area contributed by atoms with Crippen molar-refractivity contribution < 1.29 is 36.2 Å². The maximum absolute atomic E-state index is 13.6. The molecule has 0 spiro atoms. The lowest BCUT2D eigenvalue weighted by molar-refractivity contribution is -0.144. The van der Waals surface area contributed by atoms with Gasteiger partial charge in [0, 0.05) is 25.2 Å². The molecule has 3 rings (SSSR count). The minimum Gasteiger partial charge on any atom is -0.481 e. The molecule has 1 heterocycles. The third-order valence-electron chi connectivity index (χ3n) is 5.59. The first-order chi connectivity index (χ1) is 16.0. The van der Waals surface area contributed by atoms with Crippen LogP contribution in [0.5, 0.6) is 0 Å². The second-order valence-electron chi connectivity index (χ2n) is 7.99. The number of aliphatic carboxylic acids is 1. The Labute approximate surface area is 192 Å². The van der Waals surface area contributed by atoms with Gasteiger partial charge in [-0.05, 0) is 42.6 Å². The average molecular weight is 487 g/mol. The monoisotopic (exact) mass is 487 g/mol. The highest BCUT2D eigenvalue weighted by atomic mass is 19.4. The van der Waals surface area contributed by atoms with Gasteiger partial charge in [0.25, 0.3) is 0 Å². The second-order valence-corrected chi connectivity index (χ2v) is 7.99. The average Bonchev–Trinajstić information content (AvgIpc) is 2.78. The highest BCUT2D eigenvalue weighted by Crippen LogP contribution is 2.41. The number of hydrazone groups is 1. The molecular formula is C23H23F6N3O2. The predicted molar refractivity (Wildman–Crippen MR) is 114 cm³/mol. The first-order valence-corrected chi connectivity index (χ1v) is 10.6. The molecule has 0 bridgehead atoms. The van der Waals surface area contributed by atoms with Gasteiger partial charge in [-0.25, -0.2) is 0 Å². The number of carboxylic acids is 1. The molecule has 1 aliphatic rings. The number of likely N-dealkylation sites (tertiary alicyclic amines) is 1. The number of piperidine rings is 1. The van der Waals surface area contributed by atoms with E-state index in [0.717, 1.165) is 19.0 Å². The van der Waals surface area contributed by atoms with Crippen LogP contribution in [0.2, 0.25) is 0 Å². The summed E-state index contributed by atoms with van der Waals surface area (Å²) in [6.45, 7) is 2.14. The van der Waals surface area contributed by atoms with Crippen LogP contribution in [0.15, 0.2) is 47.6 Å². The SMILES string of the molecule is O=C(O)C1CCCN(CCN/N=C/c2ccccc2-c2ccc(C(F)(F)F)cc2C(F)(F)F)C1. The van der Waals surface area contributed by atoms with Gasteiger partial charge in [-0.3, -0.25) is 4.79 Å². The van der Waals surface area contributed by atoms with Crippen LogP contribution < -0.4 is 5.43 Å². The van der Waals surface area contributed by atoms with E-state index in [0.29, 0.717) is 37.7 Å². The maximum atomic E-state index is 13.6. The molecule has 0 radical (unpaired) electrons. The summed E-state index contributed by atoms with van der Waals surface area (Å²) in [4.78, 5) is 13.1. The van der Waals surface area contributed by atoms with Gasteiger partial charge in [-0.2, -0.15) is 31.4 Å². The molecule has 184 valence electrons. The lowest BCUT2D eigenvalue weighted by atomic mass is 9.94. The lowest BCUT2D eigenvalue weighted by Crippen LogP contribution is -2.41. The fourth-order valence-electron chi connectivity index (χ4n) is 3.89. The summed E-state index contributed by atoms with van der Waals surface area (Å²) in [5.41, 5.74) is 0.0396. The van der Waals surface area contributed by atoms with Gasteiger partial charge in [0.1, 0.15) is 0 Å². The van der Waals surface area contributed by atoms with Crippen molar-refractivity contribution in [3.8, 4) is 11.1 Å². The van der Waals surface area contributed by atoms with Crippen molar-refractivity contribution in [2.24, 2.45) is 11.0 Å². The Kier molecular flexibility index (Phi) is 7.86. The van der Waals surface area contributed by atoms with Crippen molar-refractivity contribution in [2.45, 2.75) is 25.2 Å². The number of hydrogen-bond acceptors (Lipinski definition) is 4. The van der Waals surface area contributed by atoms with E-state index in [9.17, 15) is 31.1 Å². The van der Waals surface area contributed by atoms with Crippen LogP contribution in [-0.2, 0) is 17.1 Å². The first-order valence-electron chi connectivity index (χ1n) is 10.6. The largest absolute Gasteiger partial charge is 0.481 e. The zero-order valence-corrected chi connectivity index (χ0v) is 18.0. The van der Waals surface area contributed by atoms with E-state index in [4.69, 9.17) is 5.11 Å². The molecule has 0 aliphatic carbocycles. The Morgan fingerprint density at radius 1 is 1.09 bits per heavy atom. The van der Waals surface area contributed by atoms with Gasteiger partial charge in [-0.15, -0.1) is 0 Å². The van der Waals surface area contributed by atoms with Gasteiger partial charge in [0.15, 0.2) is 0 Å². The summed E-state index contributed by atoms with van der Waals surface area (Å²) in [6, 6.07) is 7.54. The molecule has 2 N–H and O–H groups in total. The molecule has 11 heteroatoms. The third-order valence-corrected chi connectivity index (χ3v) is 5.59. The summed E-state index contributed by atoms with van der Waals surface area (Å²) in [5.74, 6) is -1.23. The molecule has 1 fully saturated rings. The highest BCUT2D eigenvalue weighted by Gasteiger charge is 2.38. The quantitative estimate of drug-likeness (QED) is 0.247. The normalized spacial score (nSPS) is 17.8. The second kappa shape index (κ2) is 10.5. The number of halogens is 6. The Morgan fingerprint density at radius 3 is 2.50 bits per heavy atom. The molecule has 34 heavy (non-hydrogen) atoms. The number of alkyl halides is 6. The van der Waals surface area contributed by atoms with Crippen LogP contribution in [0.1, 0.15) is 29.5 Å². The van der Waals surface area contributed by atoms with Crippen LogP contribution in [0.25, 0.3) is 11.1 Å². The maximum Gasteiger partial charge on any atom is 0.417 e. The summed E-state index contributed by atoms with van der Waals surface area (Å²) < 4.78 is 79.7. The first kappa shape index (κ1) is 25.5. The minimum atomic E-state index is -4.98. The third kappa shape index (κ3) is 6.49. The lowest BCUT2D eigenvalue weighted by Gasteiger charge is -2.30. The predicted octanol–water partition coefficient (Wildman–Crippen LogP) is 5.11. The van der Waals surface area contributed by atoms with E-state index in [1.54, 1.807) is 6.07 Å². The molecular weight excluding hydrogens is 464 g/mol. The van der Waals surface area contributed by atoms with Crippen molar-refractivity contribution in [3.05, 3.63) is 59.2 Å². The van der Waals surface area contributed by atoms with E-state index in [1.165, 1.54) is 24.4 Å². The van der Waals surface area contributed by atoms with Gasteiger partial charge < -0.3 is 15.4 Å². The fourth-order valence-corrected chi connectivity index (χ4v) is 3.89. The molecule has 0 saturated carbocycles. The van der Waals surface area contributed by atoms with Crippen LogP contribution in [-0.4, -0.2) is 48.4 Å². The van der Waals surface area contributed by atoms with Crippen LogP contribution >= 0.6 is 0 Å². The van der Waals surface area contributed by atoms with E-state index in [1.807, 2.05) is 4.90 Å². The molecule has 2 aromatic carbocycles. The zero-order chi connectivity index (χ0) is 24.9. The van der Waals surface area contributed by atoms with E-state index in [-0.39, 0.29) is 17.2 Å². The molecule has 0 amide bonds. The van der Waals surface area contributed by atoms with E-state index in [2.05, 4.69) is 10.5 Å². The summed E-state index contributed by atoms with van der Waals surface area (Å²) >= 11 is 0. The van der Waals surface area contributed by atoms with Crippen molar-refractivity contribution >= 4 is 12.2 Å². The number of carbonyl (C=O) groups is 1. The number of nitrogens with one attached hydrogen (secondary N) is 1. The number of carboxylic acid groups (broad SMARTS) is 1. The van der Waals surface area contributed by atoms with Crippen molar-refractivity contribution in [3.63, 3.8) is 0 Å². The van der Waals surface area contributed by atoms with Crippen LogP contribution in [0.3, 0.4) is 0 Å². The van der Waals surface area contributed by atoms with Gasteiger partial charge in [0.05, 0.1) is 23.3 Å². The van der Waals surface area contributed by atoms with Crippen molar-refractivity contribution in [2.75, 3.05) is 26.2 Å². The Bertz CT molecular complexity index is 1040. The molecule has 1 saturated heterocycles. The number of hydrogen-bond donors (Lipinski definition) is 2. The molecule has 1 aliphatic heterocycles. The number of benzene rings is 2. The van der Waals surface area contributed by atoms with E-state index >= 15 is 0 Å². The Balaban J connectivity index is 1.74. The van der Waals surface area contributed by atoms with Gasteiger partial charge >= 0.3 is 18.3 Å². The summed E-state index contributed by atoms with van der Waals surface area (Å²) in [7, 11) is 0. The standard InChI is InChI=1S/C23H23F6N3O2/c24-22(25,26)17-7-8-19(20(12-17)23(27,28)29)18-6-2-1-4-15(18)13-31-30-9-11-32-10-3-5-16(14-32)21(33)34/h1-2,4,6-8,12-13,16,30H,3,5,9-11,14H2,(H,33,34)/b31-13+. The molecule has 5 nitrogen and oxygen atoms in total. The minimum absolute atomic E-state index is 0.0921. The van der Waals surface area contributed by atoms with Gasteiger partial charge in [-0.1, -0.05) is 30.3 Å². The smallest absolute Gasteiger partial charge is 0.417 e. The van der Waals surface area contributed by atoms with Crippen molar-refractivity contribution in [1.82, 2.24) is 10.3 Å². The van der Waals surface area contributed by atoms with Crippen LogP contribution in [0.4, 0.5) is 26.3 Å². The van der Waals surface area contributed by atoms with Crippen molar-refractivity contribution in [1.29, 1.82) is 0 Å². The molecule has 0 aromatic heterocycles. The summed E-state index contributed by atoms with van der Waals surface area (Å²) in [6.07, 6.45) is -7.16. The Morgan fingerprint density at radius 2 is 1.82 bits per heavy atom. The Hall–Kier alpha value is -3.08. The number of rotatable bonds is 7. The molecule has 1 unspecified atom stereocenters. The fraction of sp³-hybridized carbons (Fsp3) is 0.391. The molecule has 2 aromatic rings. The topological polar surface area (TPSA) is 64.9 Å². The number of nitrogens with zero attached hydrogens (tertiary/aromatic N) is 2. The zero-order valence-electron chi connectivity index (χ0n) is 18.0. The highest BCUT2D eigenvalue weighted by molar-refractivity contribution is 5.91. The van der Waals surface area contributed by atoms with Gasteiger partial charge in [0.2, 0.25) is 0 Å².